The molecular formula is C9H14F3N3OS. The summed E-state index contributed by atoms with van der Waals surface area (Å²) in [6.45, 7) is 1.19. The molecule has 2 N–H and O–H groups in total. The largest absolute Gasteiger partial charge is 0.441 e. The van der Waals surface area contributed by atoms with Crippen molar-refractivity contribution in [3.05, 3.63) is 18.0 Å². The fourth-order valence-corrected chi connectivity index (χ4v) is 1.67. The van der Waals surface area contributed by atoms with Crippen molar-refractivity contribution in [1.82, 2.24) is 15.1 Å². The van der Waals surface area contributed by atoms with E-state index in [9.17, 15) is 13.2 Å². The van der Waals surface area contributed by atoms with Crippen LogP contribution in [0, 0.1) is 0 Å². The number of rotatable bonds is 7. The van der Waals surface area contributed by atoms with Crippen LogP contribution in [0.15, 0.2) is 12.4 Å². The third-order valence-electron chi connectivity index (χ3n) is 1.89. The molecule has 0 aliphatic heterocycles. The average Bonchev–Trinajstić information content (AvgIpc) is 2.64. The molecule has 0 aromatic carbocycles. The number of hydrogen-bond acceptors (Lipinski definition) is 4. The zero-order chi connectivity index (χ0) is 12.7. The summed E-state index contributed by atoms with van der Waals surface area (Å²) in [5.74, 6) is -0.00568. The summed E-state index contributed by atoms with van der Waals surface area (Å²) >= 11 is -0.0343. The molecule has 0 spiro atoms. The molecule has 1 rings (SSSR count). The van der Waals surface area contributed by atoms with Gasteiger partial charge in [-0.25, -0.2) is 0 Å². The van der Waals surface area contributed by atoms with Crippen LogP contribution < -0.4 is 5.32 Å². The Morgan fingerprint density at radius 3 is 2.88 bits per heavy atom. The number of halogens is 3. The molecule has 1 heterocycles. The number of hydrogen-bond donors (Lipinski definition) is 2. The molecule has 4 nitrogen and oxygen atoms in total. The first-order valence-electron chi connectivity index (χ1n) is 5.05. The van der Waals surface area contributed by atoms with E-state index >= 15 is 0 Å². The highest BCUT2D eigenvalue weighted by Crippen LogP contribution is 2.29. The SMILES string of the molecule is OCCn1cc(CNCCSC(F)(F)F)cn1. The van der Waals surface area contributed by atoms with Crippen LogP contribution in [0.4, 0.5) is 13.2 Å². The van der Waals surface area contributed by atoms with Crippen molar-refractivity contribution < 1.29 is 18.3 Å². The monoisotopic (exact) mass is 269 g/mol. The number of thioether (sulfide) groups is 1. The Hall–Kier alpha value is -0.730. The van der Waals surface area contributed by atoms with Crippen molar-refractivity contribution in [1.29, 1.82) is 0 Å². The zero-order valence-electron chi connectivity index (χ0n) is 9.07. The maximum atomic E-state index is 11.8. The molecule has 17 heavy (non-hydrogen) atoms. The van der Waals surface area contributed by atoms with E-state index in [1.165, 1.54) is 0 Å². The van der Waals surface area contributed by atoms with E-state index in [1.54, 1.807) is 17.1 Å². The fraction of sp³-hybridized carbons (Fsp3) is 0.667. The molecule has 0 radical (unpaired) electrons. The van der Waals surface area contributed by atoms with Gasteiger partial charge in [-0.1, -0.05) is 0 Å². The molecule has 0 atom stereocenters. The number of nitrogens with zero attached hydrogens (tertiary/aromatic N) is 2. The van der Waals surface area contributed by atoms with E-state index in [0.717, 1.165) is 5.56 Å². The highest BCUT2D eigenvalue weighted by Gasteiger charge is 2.27. The highest BCUT2D eigenvalue weighted by molar-refractivity contribution is 8.00. The minimum atomic E-state index is -4.16. The standard InChI is InChI=1S/C9H14F3N3OS/c10-9(11,12)17-4-1-13-5-8-6-14-15(7-8)2-3-16/h6-7,13,16H,1-5H2. The summed E-state index contributed by atoms with van der Waals surface area (Å²) in [5, 5.41) is 15.5. The van der Waals surface area contributed by atoms with Gasteiger partial charge in [0.1, 0.15) is 0 Å². The quantitative estimate of drug-likeness (QED) is 0.731. The van der Waals surface area contributed by atoms with Crippen molar-refractivity contribution in [3.8, 4) is 0 Å². The Labute approximate surface area is 101 Å². The van der Waals surface area contributed by atoms with E-state index < -0.39 is 5.51 Å². The minimum absolute atomic E-state index is 0.00568. The number of aliphatic hydroxyl groups excluding tert-OH is 1. The Morgan fingerprint density at radius 1 is 1.47 bits per heavy atom. The summed E-state index contributed by atoms with van der Waals surface area (Å²) in [7, 11) is 0. The van der Waals surface area contributed by atoms with Gasteiger partial charge in [0.2, 0.25) is 0 Å². The van der Waals surface area contributed by atoms with Crippen LogP contribution in [0.3, 0.4) is 0 Å². The van der Waals surface area contributed by atoms with Crippen LogP contribution in [-0.4, -0.2) is 39.3 Å². The van der Waals surface area contributed by atoms with Gasteiger partial charge < -0.3 is 10.4 Å². The molecule has 8 heteroatoms. The molecule has 0 amide bonds. The smallest absolute Gasteiger partial charge is 0.394 e. The van der Waals surface area contributed by atoms with E-state index in [-0.39, 0.29) is 30.7 Å². The minimum Gasteiger partial charge on any atom is -0.394 e. The van der Waals surface area contributed by atoms with Crippen LogP contribution in [-0.2, 0) is 13.1 Å². The van der Waals surface area contributed by atoms with Crippen molar-refractivity contribution in [2.45, 2.75) is 18.6 Å². The topological polar surface area (TPSA) is 50.1 Å². The first-order chi connectivity index (χ1) is 8.01. The number of nitrogens with one attached hydrogen (secondary N) is 1. The summed E-state index contributed by atoms with van der Waals surface area (Å²) < 4.78 is 37.0. The summed E-state index contributed by atoms with van der Waals surface area (Å²) in [6.07, 6.45) is 3.37. The van der Waals surface area contributed by atoms with Crippen molar-refractivity contribution in [2.75, 3.05) is 18.9 Å². The molecule has 1 aromatic heterocycles. The molecule has 0 bridgehead atoms. The molecule has 0 aliphatic rings. The van der Waals surface area contributed by atoms with Gasteiger partial charge in [0.05, 0.1) is 19.3 Å². The predicted octanol–water partition coefficient (Wildman–Crippen LogP) is 1.22. The molecule has 0 fully saturated rings. The van der Waals surface area contributed by atoms with Gasteiger partial charge in [-0.05, 0) is 11.8 Å². The third kappa shape index (κ3) is 6.54. The molecular weight excluding hydrogens is 255 g/mol. The van der Waals surface area contributed by atoms with Crippen LogP contribution in [0.1, 0.15) is 5.56 Å². The Bertz CT molecular complexity index is 330. The second kappa shape index (κ2) is 6.87. The molecule has 1 aromatic rings. The van der Waals surface area contributed by atoms with Gasteiger partial charge in [0.25, 0.3) is 0 Å². The van der Waals surface area contributed by atoms with Crippen molar-refractivity contribution in [2.24, 2.45) is 0 Å². The fourth-order valence-electron chi connectivity index (χ4n) is 1.19. The van der Waals surface area contributed by atoms with Gasteiger partial charge in [-0.2, -0.15) is 18.3 Å². The lowest BCUT2D eigenvalue weighted by atomic mass is 10.3. The van der Waals surface area contributed by atoms with Gasteiger partial charge in [0.15, 0.2) is 0 Å². The van der Waals surface area contributed by atoms with Crippen molar-refractivity contribution in [3.63, 3.8) is 0 Å². The van der Waals surface area contributed by atoms with Crippen LogP contribution in [0.2, 0.25) is 0 Å². The zero-order valence-corrected chi connectivity index (χ0v) is 9.89. The van der Waals surface area contributed by atoms with E-state index in [1.807, 2.05) is 0 Å². The van der Waals surface area contributed by atoms with Crippen LogP contribution in [0.25, 0.3) is 0 Å². The molecule has 0 saturated carbocycles. The van der Waals surface area contributed by atoms with Crippen LogP contribution in [0.5, 0.6) is 0 Å². The third-order valence-corrected chi connectivity index (χ3v) is 2.63. The molecule has 98 valence electrons. The maximum Gasteiger partial charge on any atom is 0.441 e. The first kappa shape index (κ1) is 14.3. The summed E-state index contributed by atoms with van der Waals surface area (Å²) in [5.41, 5.74) is -3.27. The Morgan fingerprint density at radius 2 is 2.24 bits per heavy atom. The summed E-state index contributed by atoms with van der Waals surface area (Å²) in [4.78, 5) is 0. The lowest BCUT2D eigenvalue weighted by Crippen LogP contribution is -2.18. The maximum absolute atomic E-state index is 11.8. The van der Waals surface area contributed by atoms with Gasteiger partial charge in [0, 0.05) is 30.6 Å². The lowest BCUT2D eigenvalue weighted by Gasteiger charge is -2.05. The van der Waals surface area contributed by atoms with Gasteiger partial charge in [-0.3, -0.25) is 4.68 Å². The van der Waals surface area contributed by atoms with Crippen molar-refractivity contribution >= 4 is 11.8 Å². The van der Waals surface area contributed by atoms with E-state index in [4.69, 9.17) is 5.11 Å². The highest BCUT2D eigenvalue weighted by atomic mass is 32.2. The van der Waals surface area contributed by atoms with Gasteiger partial charge >= 0.3 is 5.51 Å². The first-order valence-corrected chi connectivity index (χ1v) is 6.03. The normalized spacial score (nSPS) is 12.0. The van der Waals surface area contributed by atoms with Crippen LogP contribution >= 0.6 is 11.8 Å². The number of aliphatic hydroxyl groups is 1. The number of alkyl halides is 3. The van der Waals surface area contributed by atoms with E-state index in [0.29, 0.717) is 13.1 Å². The Kier molecular flexibility index (Phi) is 5.79. The predicted molar refractivity (Wildman–Crippen MR) is 59.5 cm³/mol. The Balaban J connectivity index is 2.13. The molecule has 0 saturated heterocycles. The second-order valence-corrected chi connectivity index (χ2v) is 4.47. The van der Waals surface area contributed by atoms with E-state index in [2.05, 4.69) is 10.4 Å². The average molecular weight is 269 g/mol. The molecule has 0 aliphatic carbocycles. The second-order valence-electron chi connectivity index (χ2n) is 3.31. The summed E-state index contributed by atoms with van der Waals surface area (Å²) in [6, 6.07) is 0. The van der Waals surface area contributed by atoms with Gasteiger partial charge in [-0.15, -0.1) is 0 Å². The number of aromatic nitrogens is 2. The molecule has 0 unspecified atom stereocenters. The lowest BCUT2D eigenvalue weighted by molar-refractivity contribution is -0.0327.